The highest BCUT2D eigenvalue weighted by Gasteiger charge is 2.46. The SMILES string of the molecule is COC[C@H]1CC2(CCN(Cc3cnn(C)c3)CC2)CN1c1ncccn1. The first-order valence-corrected chi connectivity index (χ1v) is 9.40. The second-order valence-corrected chi connectivity index (χ2v) is 7.79. The van der Waals surface area contributed by atoms with Crippen LogP contribution < -0.4 is 4.90 Å². The van der Waals surface area contributed by atoms with Gasteiger partial charge in [0.05, 0.1) is 18.8 Å². The predicted molar refractivity (Wildman–Crippen MR) is 99.8 cm³/mol. The molecule has 0 N–H and O–H groups in total. The molecule has 2 aliphatic rings. The van der Waals surface area contributed by atoms with E-state index in [1.165, 1.54) is 24.8 Å². The van der Waals surface area contributed by atoms with Gasteiger partial charge in [0.25, 0.3) is 0 Å². The van der Waals surface area contributed by atoms with E-state index < -0.39 is 0 Å². The molecule has 0 radical (unpaired) electrons. The molecule has 0 aromatic carbocycles. The second-order valence-electron chi connectivity index (χ2n) is 7.79. The fourth-order valence-electron chi connectivity index (χ4n) is 4.54. The third-order valence-corrected chi connectivity index (χ3v) is 5.86. The molecule has 140 valence electrons. The van der Waals surface area contributed by atoms with Crippen LogP contribution in [0.2, 0.25) is 0 Å². The lowest BCUT2D eigenvalue weighted by molar-refractivity contribution is 0.106. The van der Waals surface area contributed by atoms with Crippen LogP contribution in [0.15, 0.2) is 30.9 Å². The molecule has 1 atom stereocenters. The number of aryl methyl sites for hydroxylation is 1. The summed E-state index contributed by atoms with van der Waals surface area (Å²) in [4.78, 5) is 13.9. The van der Waals surface area contributed by atoms with Gasteiger partial charge in [0, 0.05) is 51.4 Å². The van der Waals surface area contributed by atoms with E-state index in [-0.39, 0.29) is 0 Å². The summed E-state index contributed by atoms with van der Waals surface area (Å²) in [5.74, 6) is 0.837. The second kappa shape index (κ2) is 7.32. The molecule has 7 heteroatoms. The summed E-state index contributed by atoms with van der Waals surface area (Å²) in [6.07, 6.45) is 11.3. The van der Waals surface area contributed by atoms with Crippen molar-refractivity contribution in [3.63, 3.8) is 0 Å². The van der Waals surface area contributed by atoms with Crippen molar-refractivity contribution in [2.45, 2.75) is 31.8 Å². The van der Waals surface area contributed by atoms with Gasteiger partial charge in [0.1, 0.15) is 0 Å². The van der Waals surface area contributed by atoms with Gasteiger partial charge >= 0.3 is 0 Å². The van der Waals surface area contributed by atoms with E-state index in [0.29, 0.717) is 11.5 Å². The summed E-state index contributed by atoms with van der Waals surface area (Å²) in [7, 11) is 3.76. The zero-order valence-electron chi connectivity index (χ0n) is 15.7. The molecular weight excluding hydrogens is 328 g/mol. The minimum atomic E-state index is 0.355. The smallest absolute Gasteiger partial charge is 0.225 e. The highest BCUT2D eigenvalue weighted by atomic mass is 16.5. The standard InChI is InChI=1S/C19H28N6O/c1-23-12-16(11-22-23)13-24-8-4-19(5-9-24)10-17(14-26-2)25(15-19)18-20-6-3-7-21-18/h3,6-7,11-12,17H,4-5,8-10,13-15H2,1-2H3/t17-/m1/s1. The molecule has 4 heterocycles. The molecule has 1 spiro atoms. The number of nitrogens with zero attached hydrogens (tertiary/aromatic N) is 6. The van der Waals surface area contributed by atoms with Crippen LogP contribution in [0, 0.1) is 5.41 Å². The summed E-state index contributed by atoms with van der Waals surface area (Å²) in [5, 5.41) is 4.28. The van der Waals surface area contributed by atoms with Crippen LogP contribution in [-0.4, -0.2) is 64.0 Å². The van der Waals surface area contributed by atoms with E-state index in [4.69, 9.17) is 4.74 Å². The quantitative estimate of drug-likeness (QED) is 0.813. The first-order valence-electron chi connectivity index (χ1n) is 9.40. The summed E-state index contributed by atoms with van der Waals surface area (Å²) < 4.78 is 7.38. The van der Waals surface area contributed by atoms with Gasteiger partial charge in [-0.1, -0.05) is 0 Å². The number of likely N-dealkylation sites (tertiary alicyclic amines) is 1. The minimum Gasteiger partial charge on any atom is -0.383 e. The molecule has 7 nitrogen and oxygen atoms in total. The number of ether oxygens (including phenoxy) is 1. The average molecular weight is 356 g/mol. The van der Waals surface area contributed by atoms with Gasteiger partial charge in [-0.3, -0.25) is 9.58 Å². The predicted octanol–water partition coefficient (Wildman–Crippen LogP) is 1.72. The number of aromatic nitrogens is 4. The van der Waals surface area contributed by atoms with Crippen molar-refractivity contribution in [1.29, 1.82) is 0 Å². The fourth-order valence-corrected chi connectivity index (χ4v) is 4.54. The molecule has 2 fully saturated rings. The van der Waals surface area contributed by atoms with E-state index in [1.807, 2.05) is 36.4 Å². The maximum absolute atomic E-state index is 5.50. The van der Waals surface area contributed by atoms with Gasteiger partial charge in [-0.2, -0.15) is 5.10 Å². The Bertz CT molecular complexity index is 710. The first-order chi connectivity index (χ1) is 12.7. The number of hydrogen-bond acceptors (Lipinski definition) is 6. The van der Waals surface area contributed by atoms with E-state index in [1.54, 1.807) is 7.11 Å². The summed E-state index contributed by atoms with van der Waals surface area (Å²) in [6.45, 7) is 5.04. The molecule has 2 saturated heterocycles. The van der Waals surface area contributed by atoms with E-state index in [2.05, 4.69) is 31.1 Å². The third-order valence-electron chi connectivity index (χ3n) is 5.86. The Morgan fingerprint density at radius 1 is 1.23 bits per heavy atom. The van der Waals surface area contributed by atoms with Crippen molar-refractivity contribution in [3.05, 3.63) is 36.4 Å². The monoisotopic (exact) mass is 356 g/mol. The van der Waals surface area contributed by atoms with Crippen LogP contribution in [0.3, 0.4) is 0 Å². The molecule has 2 aliphatic heterocycles. The van der Waals surface area contributed by atoms with Crippen LogP contribution in [0.5, 0.6) is 0 Å². The maximum atomic E-state index is 5.50. The summed E-state index contributed by atoms with van der Waals surface area (Å²) >= 11 is 0. The lowest BCUT2D eigenvalue weighted by Crippen LogP contribution is -2.41. The molecule has 26 heavy (non-hydrogen) atoms. The Morgan fingerprint density at radius 2 is 2.00 bits per heavy atom. The van der Waals surface area contributed by atoms with E-state index in [9.17, 15) is 0 Å². The number of rotatable bonds is 5. The highest BCUT2D eigenvalue weighted by molar-refractivity contribution is 5.35. The Hall–Kier alpha value is -1.99. The molecule has 0 amide bonds. The normalized spacial score (nSPS) is 23.0. The highest BCUT2D eigenvalue weighted by Crippen LogP contribution is 2.44. The Balaban J connectivity index is 1.41. The largest absolute Gasteiger partial charge is 0.383 e. The molecule has 2 aromatic heterocycles. The van der Waals surface area contributed by atoms with Crippen LogP contribution >= 0.6 is 0 Å². The van der Waals surface area contributed by atoms with E-state index >= 15 is 0 Å². The molecular formula is C19H28N6O. The molecule has 4 rings (SSSR count). The molecule has 0 saturated carbocycles. The Morgan fingerprint density at radius 3 is 2.65 bits per heavy atom. The number of methoxy groups -OCH3 is 1. The van der Waals surface area contributed by atoms with Crippen molar-refractivity contribution < 1.29 is 4.74 Å². The number of piperidine rings is 1. The van der Waals surface area contributed by atoms with Crippen LogP contribution in [-0.2, 0) is 18.3 Å². The van der Waals surface area contributed by atoms with Gasteiger partial charge in [0.15, 0.2) is 0 Å². The summed E-state index contributed by atoms with van der Waals surface area (Å²) in [6, 6.07) is 2.24. The third kappa shape index (κ3) is 3.59. The Labute approximate surface area is 155 Å². The first kappa shape index (κ1) is 17.4. The van der Waals surface area contributed by atoms with Crippen molar-refractivity contribution in [2.75, 3.05) is 38.3 Å². The minimum absolute atomic E-state index is 0.355. The Kier molecular flexibility index (Phi) is 4.91. The number of hydrogen-bond donors (Lipinski definition) is 0. The zero-order valence-corrected chi connectivity index (χ0v) is 15.7. The molecule has 0 aliphatic carbocycles. The van der Waals surface area contributed by atoms with Crippen LogP contribution in [0.25, 0.3) is 0 Å². The zero-order chi connectivity index (χ0) is 18.0. The lowest BCUT2D eigenvalue weighted by Gasteiger charge is -2.39. The topological polar surface area (TPSA) is 59.3 Å². The average Bonchev–Trinajstić information content (AvgIpc) is 3.22. The van der Waals surface area contributed by atoms with Crippen molar-refractivity contribution in [2.24, 2.45) is 12.5 Å². The van der Waals surface area contributed by atoms with Gasteiger partial charge in [-0.15, -0.1) is 0 Å². The fraction of sp³-hybridized carbons (Fsp3) is 0.632. The van der Waals surface area contributed by atoms with Crippen molar-refractivity contribution in [3.8, 4) is 0 Å². The van der Waals surface area contributed by atoms with Crippen molar-refractivity contribution in [1.82, 2.24) is 24.6 Å². The molecule has 0 bridgehead atoms. The molecule has 0 unspecified atom stereocenters. The van der Waals surface area contributed by atoms with Gasteiger partial charge < -0.3 is 9.64 Å². The van der Waals surface area contributed by atoms with Crippen LogP contribution in [0.4, 0.5) is 5.95 Å². The molecule has 2 aromatic rings. The van der Waals surface area contributed by atoms with Crippen LogP contribution in [0.1, 0.15) is 24.8 Å². The van der Waals surface area contributed by atoms with Crippen molar-refractivity contribution >= 4 is 5.95 Å². The van der Waals surface area contributed by atoms with Gasteiger partial charge in [0.2, 0.25) is 5.95 Å². The lowest BCUT2D eigenvalue weighted by atomic mass is 9.76. The number of anilines is 1. The van der Waals surface area contributed by atoms with E-state index in [0.717, 1.165) is 38.7 Å². The maximum Gasteiger partial charge on any atom is 0.225 e. The summed E-state index contributed by atoms with van der Waals surface area (Å²) in [5.41, 5.74) is 1.65. The van der Waals surface area contributed by atoms with Gasteiger partial charge in [-0.05, 0) is 43.8 Å². The van der Waals surface area contributed by atoms with Gasteiger partial charge in [-0.25, -0.2) is 9.97 Å².